The normalized spacial score (nSPS) is 14.1. The van der Waals surface area contributed by atoms with E-state index in [9.17, 15) is 4.79 Å². The van der Waals surface area contributed by atoms with Crippen LogP contribution in [0.4, 0.5) is 5.69 Å². The molecule has 1 N–H and O–H groups in total. The smallest absolute Gasteiger partial charge is 0.211 e. The van der Waals surface area contributed by atoms with E-state index in [1.54, 1.807) is 6.20 Å². The Hall–Kier alpha value is -2.16. The van der Waals surface area contributed by atoms with Gasteiger partial charge in [-0.2, -0.15) is 0 Å². The molecule has 0 radical (unpaired) electrons. The Kier molecular flexibility index (Phi) is 6.13. The summed E-state index contributed by atoms with van der Waals surface area (Å²) in [6, 6.07) is 11.5. The summed E-state index contributed by atoms with van der Waals surface area (Å²) in [6.07, 6.45) is 8.38. The Morgan fingerprint density at radius 2 is 2.00 bits per heavy atom. The predicted octanol–water partition coefficient (Wildman–Crippen LogP) is 5.07. The van der Waals surface area contributed by atoms with Gasteiger partial charge in [-0.25, -0.2) is 0 Å². The van der Waals surface area contributed by atoms with E-state index >= 15 is 0 Å². The van der Waals surface area contributed by atoms with Crippen LogP contribution in [-0.2, 0) is 4.79 Å². The number of hydrogen-bond acceptors (Lipinski definition) is 2. The summed E-state index contributed by atoms with van der Waals surface area (Å²) in [5, 5.41) is 2.64. The zero-order valence-electron chi connectivity index (χ0n) is 13.4. The average Bonchev–Trinajstić information content (AvgIpc) is 3.02. The second kappa shape index (κ2) is 8.32. The standard InChI is InChI=1S/C13H12N2O.C6H12.H2/c1-10-5-6-11(15-9-16)8-12(10)13-4-2-3-7-14-13;1-6-4-2-3-5-6;/h2-9H,1H3,(H,15,16);6H,2-5H2,1H3;1H. The first kappa shape index (κ1) is 16.2. The topological polar surface area (TPSA) is 42.0 Å². The lowest BCUT2D eigenvalue weighted by Crippen LogP contribution is -1.95. The molecule has 1 fully saturated rings. The molecule has 1 aromatic heterocycles. The van der Waals surface area contributed by atoms with Gasteiger partial charge in [-0.05, 0) is 42.7 Å². The lowest BCUT2D eigenvalue weighted by molar-refractivity contribution is -0.105. The molecular formula is C19H26N2O. The molecule has 2 aromatic rings. The molecule has 1 aromatic carbocycles. The minimum Gasteiger partial charge on any atom is -0.329 e. The SMILES string of the molecule is CC1CCCC1.Cc1ccc(NC=O)cc1-c1ccccn1.[HH]. The first-order valence-electron chi connectivity index (χ1n) is 7.93. The van der Waals surface area contributed by atoms with Crippen LogP contribution < -0.4 is 5.32 Å². The number of carbonyl (C=O) groups is 1. The first-order chi connectivity index (χ1) is 10.7. The van der Waals surface area contributed by atoms with Gasteiger partial charge in [-0.1, -0.05) is 44.7 Å². The van der Waals surface area contributed by atoms with Crippen molar-refractivity contribution in [1.29, 1.82) is 0 Å². The van der Waals surface area contributed by atoms with E-state index in [1.165, 1.54) is 25.7 Å². The van der Waals surface area contributed by atoms with E-state index in [1.807, 2.05) is 43.3 Å². The van der Waals surface area contributed by atoms with Gasteiger partial charge in [0.2, 0.25) is 6.41 Å². The molecule has 0 saturated heterocycles. The first-order valence-corrected chi connectivity index (χ1v) is 7.93. The Bertz CT molecular complexity index is 596. The molecule has 22 heavy (non-hydrogen) atoms. The lowest BCUT2D eigenvalue weighted by Gasteiger charge is -2.07. The maximum Gasteiger partial charge on any atom is 0.211 e. The van der Waals surface area contributed by atoms with Crippen molar-refractivity contribution in [3.8, 4) is 11.3 Å². The van der Waals surface area contributed by atoms with E-state index < -0.39 is 0 Å². The zero-order chi connectivity index (χ0) is 15.8. The molecule has 3 nitrogen and oxygen atoms in total. The van der Waals surface area contributed by atoms with Crippen LogP contribution >= 0.6 is 0 Å². The average molecular weight is 298 g/mol. The van der Waals surface area contributed by atoms with Crippen LogP contribution in [0.15, 0.2) is 42.6 Å². The number of hydrogen-bond donors (Lipinski definition) is 1. The minimum atomic E-state index is 0. The molecule has 0 bridgehead atoms. The van der Waals surface area contributed by atoms with Crippen molar-refractivity contribution >= 4 is 12.1 Å². The Labute approximate surface area is 134 Å². The third-order valence-corrected chi connectivity index (χ3v) is 4.05. The van der Waals surface area contributed by atoms with Crippen LogP contribution in [0.3, 0.4) is 0 Å². The molecule has 0 spiro atoms. The fourth-order valence-corrected chi connectivity index (χ4v) is 2.71. The minimum absolute atomic E-state index is 0. The number of pyridine rings is 1. The van der Waals surface area contributed by atoms with Crippen molar-refractivity contribution in [1.82, 2.24) is 4.98 Å². The van der Waals surface area contributed by atoms with Crippen molar-refractivity contribution in [2.24, 2.45) is 5.92 Å². The summed E-state index contributed by atoms with van der Waals surface area (Å²) in [6.45, 7) is 4.36. The van der Waals surface area contributed by atoms with E-state index in [4.69, 9.17) is 0 Å². The van der Waals surface area contributed by atoms with Gasteiger partial charge in [0.1, 0.15) is 0 Å². The molecule has 118 valence electrons. The molecule has 1 aliphatic rings. The molecular weight excluding hydrogens is 272 g/mol. The maximum absolute atomic E-state index is 10.4. The molecule has 1 amide bonds. The van der Waals surface area contributed by atoms with Crippen LogP contribution in [0.2, 0.25) is 0 Å². The number of nitrogens with zero attached hydrogens (tertiary/aromatic N) is 1. The fourth-order valence-electron chi connectivity index (χ4n) is 2.71. The molecule has 0 aliphatic heterocycles. The molecule has 3 heteroatoms. The summed E-state index contributed by atoms with van der Waals surface area (Å²) < 4.78 is 0. The van der Waals surface area contributed by atoms with E-state index in [0.29, 0.717) is 6.41 Å². The highest BCUT2D eigenvalue weighted by atomic mass is 16.1. The number of rotatable bonds is 3. The molecule has 0 atom stereocenters. The van der Waals surface area contributed by atoms with Gasteiger partial charge < -0.3 is 5.32 Å². The van der Waals surface area contributed by atoms with Crippen molar-refractivity contribution < 1.29 is 6.22 Å². The van der Waals surface area contributed by atoms with Gasteiger partial charge in [0.25, 0.3) is 0 Å². The number of amides is 1. The number of carbonyl (C=O) groups excluding carboxylic acids is 1. The third kappa shape index (κ3) is 4.69. The Morgan fingerprint density at radius 3 is 2.55 bits per heavy atom. The second-order valence-electron chi connectivity index (χ2n) is 5.90. The summed E-state index contributed by atoms with van der Waals surface area (Å²) >= 11 is 0. The largest absolute Gasteiger partial charge is 0.329 e. The highest BCUT2D eigenvalue weighted by Gasteiger charge is 2.07. The Balaban J connectivity index is 0.000000320. The van der Waals surface area contributed by atoms with Crippen LogP contribution in [0.5, 0.6) is 0 Å². The number of anilines is 1. The monoisotopic (exact) mass is 298 g/mol. The van der Waals surface area contributed by atoms with Gasteiger partial charge in [0.05, 0.1) is 5.69 Å². The fraction of sp³-hybridized carbons (Fsp3) is 0.368. The Morgan fingerprint density at radius 1 is 1.23 bits per heavy atom. The van der Waals surface area contributed by atoms with Gasteiger partial charge in [-0.3, -0.25) is 9.78 Å². The number of benzene rings is 1. The highest BCUT2D eigenvalue weighted by molar-refractivity contribution is 5.76. The zero-order valence-corrected chi connectivity index (χ0v) is 13.4. The lowest BCUT2D eigenvalue weighted by atomic mass is 10.0. The van der Waals surface area contributed by atoms with E-state index in [-0.39, 0.29) is 1.43 Å². The quantitative estimate of drug-likeness (QED) is 0.804. The number of nitrogens with one attached hydrogen (secondary N) is 1. The third-order valence-electron chi connectivity index (χ3n) is 4.05. The van der Waals surface area contributed by atoms with Gasteiger partial charge >= 0.3 is 0 Å². The molecule has 3 rings (SSSR count). The van der Waals surface area contributed by atoms with Crippen molar-refractivity contribution in [3.05, 3.63) is 48.2 Å². The van der Waals surface area contributed by atoms with Crippen molar-refractivity contribution in [2.45, 2.75) is 39.5 Å². The summed E-state index contributed by atoms with van der Waals surface area (Å²) in [7, 11) is 0. The molecule has 1 heterocycles. The molecule has 1 saturated carbocycles. The van der Waals surface area contributed by atoms with E-state index in [0.717, 1.165) is 28.4 Å². The highest BCUT2D eigenvalue weighted by Crippen LogP contribution is 2.24. The van der Waals surface area contributed by atoms with E-state index in [2.05, 4.69) is 17.2 Å². The van der Waals surface area contributed by atoms with Crippen LogP contribution in [-0.4, -0.2) is 11.4 Å². The van der Waals surface area contributed by atoms with Gasteiger partial charge in [0, 0.05) is 18.9 Å². The number of aryl methyl sites for hydroxylation is 1. The van der Waals surface area contributed by atoms with Gasteiger partial charge in [0.15, 0.2) is 0 Å². The van der Waals surface area contributed by atoms with Gasteiger partial charge in [-0.15, -0.1) is 0 Å². The van der Waals surface area contributed by atoms with Crippen LogP contribution in [0.1, 0.15) is 39.6 Å². The maximum atomic E-state index is 10.4. The molecule has 1 aliphatic carbocycles. The summed E-state index contributed by atoms with van der Waals surface area (Å²) in [4.78, 5) is 14.7. The van der Waals surface area contributed by atoms with Crippen molar-refractivity contribution in [2.75, 3.05) is 5.32 Å². The van der Waals surface area contributed by atoms with Crippen LogP contribution in [0, 0.1) is 12.8 Å². The number of aromatic nitrogens is 1. The summed E-state index contributed by atoms with van der Waals surface area (Å²) in [5.41, 5.74) is 3.86. The second-order valence-corrected chi connectivity index (χ2v) is 5.90. The predicted molar refractivity (Wildman–Crippen MR) is 93.8 cm³/mol. The molecule has 0 unspecified atom stereocenters. The van der Waals surface area contributed by atoms with Crippen molar-refractivity contribution in [3.63, 3.8) is 0 Å². The summed E-state index contributed by atoms with van der Waals surface area (Å²) in [5.74, 6) is 1.05. The van der Waals surface area contributed by atoms with Crippen LogP contribution in [0.25, 0.3) is 11.3 Å².